The second-order valence-corrected chi connectivity index (χ2v) is 8.16. The van der Waals surface area contributed by atoms with Crippen LogP contribution in [0.25, 0.3) is 22.0 Å². The lowest BCUT2D eigenvalue weighted by Crippen LogP contribution is -2.33. The van der Waals surface area contributed by atoms with E-state index in [2.05, 4.69) is 15.2 Å². The number of aliphatic hydroxyl groups excluding tert-OH is 1. The van der Waals surface area contributed by atoms with Crippen LogP contribution in [0.1, 0.15) is 34.6 Å². The third-order valence-corrected chi connectivity index (χ3v) is 5.93. The van der Waals surface area contributed by atoms with E-state index in [4.69, 9.17) is 16.3 Å². The van der Waals surface area contributed by atoms with E-state index in [-0.39, 0.29) is 12.5 Å². The maximum Gasteiger partial charge on any atom is 0.254 e. The van der Waals surface area contributed by atoms with Gasteiger partial charge in [0.15, 0.2) is 0 Å². The number of ether oxygens (including phenoxy) is 1. The van der Waals surface area contributed by atoms with Crippen LogP contribution in [-0.4, -0.2) is 51.4 Å². The maximum absolute atomic E-state index is 13.4. The van der Waals surface area contributed by atoms with Crippen molar-refractivity contribution in [2.45, 2.75) is 19.9 Å². The average Bonchev–Trinajstić information content (AvgIpc) is 3.31. The number of aryl methyl sites for hydroxylation is 1. The van der Waals surface area contributed by atoms with E-state index in [0.717, 1.165) is 27.7 Å². The predicted octanol–water partition coefficient (Wildman–Crippen LogP) is 4.79. The molecule has 2 aromatic heterocycles. The first kappa shape index (κ1) is 22.8. The zero-order valence-corrected chi connectivity index (χ0v) is 19.4. The second-order valence-electron chi connectivity index (χ2n) is 7.73. The van der Waals surface area contributed by atoms with Crippen molar-refractivity contribution in [2.24, 2.45) is 0 Å². The number of pyridine rings is 1. The molecule has 0 aliphatic heterocycles. The van der Waals surface area contributed by atoms with Gasteiger partial charge in [-0.3, -0.25) is 14.9 Å². The van der Waals surface area contributed by atoms with Crippen LogP contribution in [0.2, 0.25) is 5.02 Å². The number of nitrogens with one attached hydrogen (secondary N) is 1. The predicted molar refractivity (Wildman–Crippen MR) is 129 cm³/mol. The van der Waals surface area contributed by atoms with Crippen molar-refractivity contribution in [1.29, 1.82) is 0 Å². The Balaban J connectivity index is 1.69. The molecule has 8 heteroatoms. The second kappa shape index (κ2) is 9.60. The Labute approximate surface area is 197 Å². The van der Waals surface area contributed by atoms with Gasteiger partial charge in [0.1, 0.15) is 5.75 Å². The Morgan fingerprint density at radius 2 is 2.06 bits per heavy atom. The summed E-state index contributed by atoms with van der Waals surface area (Å²) in [5.41, 5.74) is 4.48. The quantitative estimate of drug-likeness (QED) is 0.410. The molecule has 170 valence electrons. The van der Waals surface area contributed by atoms with E-state index in [1.807, 2.05) is 44.2 Å². The van der Waals surface area contributed by atoms with Gasteiger partial charge in [0, 0.05) is 46.0 Å². The van der Waals surface area contributed by atoms with Gasteiger partial charge in [-0.15, -0.1) is 0 Å². The van der Waals surface area contributed by atoms with Crippen LogP contribution in [0.3, 0.4) is 0 Å². The Kier molecular flexibility index (Phi) is 6.62. The molecular formula is C25H25ClN4O3. The molecule has 7 nitrogen and oxygen atoms in total. The van der Waals surface area contributed by atoms with Gasteiger partial charge in [-0.2, -0.15) is 5.10 Å². The molecule has 0 saturated heterocycles. The van der Waals surface area contributed by atoms with Crippen molar-refractivity contribution in [3.63, 3.8) is 0 Å². The number of halogens is 1. The van der Waals surface area contributed by atoms with Crippen molar-refractivity contribution >= 4 is 28.4 Å². The number of H-pyrrole nitrogens is 1. The van der Waals surface area contributed by atoms with Crippen LogP contribution in [0.15, 0.2) is 54.9 Å². The largest absolute Gasteiger partial charge is 0.493 e. The normalized spacial score (nSPS) is 12.0. The van der Waals surface area contributed by atoms with Gasteiger partial charge in [0.25, 0.3) is 5.91 Å². The smallest absolute Gasteiger partial charge is 0.254 e. The topological polar surface area (TPSA) is 91.3 Å². The number of aromatic nitrogens is 3. The molecular weight excluding hydrogens is 440 g/mol. The number of carbonyl (C=O) groups is 1. The summed E-state index contributed by atoms with van der Waals surface area (Å²) in [7, 11) is 1.66. The summed E-state index contributed by atoms with van der Waals surface area (Å²) in [5, 5.41) is 18.7. The zero-order chi connectivity index (χ0) is 23.5. The number of aliphatic hydroxyl groups is 1. The summed E-state index contributed by atoms with van der Waals surface area (Å²) in [6, 6.07) is 12.2. The molecule has 0 aliphatic rings. The molecule has 4 aromatic rings. The lowest BCUT2D eigenvalue weighted by atomic mass is 10.0. The first-order valence-corrected chi connectivity index (χ1v) is 11.0. The number of carbonyl (C=O) groups excluding carboxylic acids is 1. The number of nitrogens with zero attached hydrogens (tertiary/aromatic N) is 3. The fourth-order valence-electron chi connectivity index (χ4n) is 3.93. The average molecular weight is 465 g/mol. The molecule has 1 atom stereocenters. The number of likely N-dealkylation sites (N-methyl/N-ethyl adjacent to an activating group) is 1. The first-order chi connectivity index (χ1) is 15.9. The van der Waals surface area contributed by atoms with Crippen LogP contribution in [0.4, 0.5) is 0 Å². The number of rotatable bonds is 7. The van der Waals surface area contributed by atoms with E-state index in [9.17, 15) is 9.90 Å². The molecule has 4 rings (SSSR count). The summed E-state index contributed by atoms with van der Waals surface area (Å²) in [6.07, 6.45) is 3.37. The van der Waals surface area contributed by atoms with Gasteiger partial charge >= 0.3 is 0 Å². The van der Waals surface area contributed by atoms with Crippen molar-refractivity contribution in [1.82, 2.24) is 20.1 Å². The molecule has 0 unspecified atom stereocenters. The van der Waals surface area contributed by atoms with Crippen LogP contribution < -0.4 is 4.74 Å². The van der Waals surface area contributed by atoms with Gasteiger partial charge in [-0.1, -0.05) is 23.7 Å². The van der Waals surface area contributed by atoms with Crippen molar-refractivity contribution in [3.8, 4) is 16.9 Å². The standard InChI is InChI=1S/C25H25ClN4O3/c1-4-33-23-11-17(8-9-19(23)16-6-5-7-18(26)10-16)25(32)30(3)22(14-31)21-12-27-15(2)20-13-28-29-24(20)21/h5-13,22,31H,4,14H2,1-3H3,(H,28,29)/t22-/m1/s1. The van der Waals surface area contributed by atoms with Gasteiger partial charge in [0.2, 0.25) is 0 Å². The summed E-state index contributed by atoms with van der Waals surface area (Å²) in [4.78, 5) is 19.3. The summed E-state index contributed by atoms with van der Waals surface area (Å²) < 4.78 is 5.85. The van der Waals surface area contributed by atoms with Gasteiger partial charge in [-0.25, -0.2) is 0 Å². The van der Waals surface area contributed by atoms with Crippen molar-refractivity contribution in [2.75, 3.05) is 20.3 Å². The Morgan fingerprint density at radius 1 is 1.24 bits per heavy atom. The molecule has 1 amide bonds. The summed E-state index contributed by atoms with van der Waals surface area (Å²) >= 11 is 6.16. The number of aromatic amines is 1. The highest BCUT2D eigenvalue weighted by molar-refractivity contribution is 6.30. The van der Waals surface area contributed by atoms with Crippen LogP contribution in [0.5, 0.6) is 5.75 Å². The van der Waals surface area contributed by atoms with Crippen molar-refractivity contribution in [3.05, 3.63) is 76.7 Å². The van der Waals surface area contributed by atoms with Crippen LogP contribution >= 0.6 is 11.6 Å². The van der Waals surface area contributed by atoms with E-state index in [1.165, 1.54) is 4.90 Å². The lowest BCUT2D eigenvalue weighted by Gasteiger charge is -2.27. The Bertz CT molecular complexity index is 1300. The summed E-state index contributed by atoms with van der Waals surface area (Å²) in [6.45, 7) is 3.97. The molecule has 33 heavy (non-hydrogen) atoms. The van der Waals surface area contributed by atoms with E-state index in [1.54, 1.807) is 31.6 Å². The third-order valence-electron chi connectivity index (χ3n) is 5.70. The van der Waals surface area contributed by atoms with Gasteiger partial charge < -0.3 is 14.7 Å². The van der Waals surface area contributed by atoms with Gasteiger partial charge in [0.05, 0.1) is 31.0 Å². The lowest BCUT2D eigenvalue weighted by molar-refractivity contribution is 0.0659. The molecule has 0 radical (unpaired) electrons. The van der Waals surface area contributed by atoms with E-state index < -0.39 is 6.04 Å². The third kappa shape index (κ3) is 4.42. The van der Waals surface area contributed by atoms with Gasteiger partial charge in [-0.05, 0) is 49.7 Å². The molecule has 0 fully saturated rings. The monoisotopic (exact) mass is 464 g/mol. The highest BCUT2D eigenvalue weighted by Crippen LogP contribution is 2.34. The minimum atomic E-state index is -0.600. The van der Waals surface area contributed by atoms with Crippen LogP contribution in [0, 0.1) is 6.92 Å². The Morgan fingerprint density at radius 3 is 2.79 bits per heavy atom. The molecule has 0 aliphatic carbocycles. The highest BCUT2D eigenvalue weighted by atomic mass is 35.5. The maximum atomic E-state index is 13.4. The number of benzene rings is 2. The zero-order valence-electron chi connectivity index (χ0n) is 18.7. The molecule has 2 heterocycles. The minimum absolute atomic E-state index is 0.249. The number of hydrogen-bond donors (Lipinski definition) is 2. The number of hydrogen-bond acceptors (Lipinski definition) is 5. The van der Waals surface area contributed by atoms with Crippen LogP contribution in [-0.2, 0) is 0 Å². The Hall–Kier alpha value is -3.42. The fourth-order valence-corrected chi connectivity index (χ4v) is 4.12. The molecule has 0 bridgehead atoms. The fraction of sp³-hybridized carbons (Fsp3) is 0.240. The minimum Gasteiger partial charge on any atom is -0.493 e. The SMILES string of the molecule is CCOc1cc(C(=O)N(C)[C@H](CO)c2cnc(C)c3cn[nH]c23)ccc1-c1cccc(Cl)c1. The van der Waals surface area contributed by atoms with E-state index in [0.29, 0.717) is 28.5 Å². The molecule has 0 spiro atoms. The highest BCUT2D eigenvalue weighted by Gasteiger charge is 2.26. The number of amides is 1. The number of fused-ring (bicyclic) bond motifs is 1. The first-order valence-electron chi connectivity index (χ1n) is 10.6. The molecule has 2 aromatic carbocycles. The summed E-state index contributed by atoms with van der Waals surface area (Å²) in [5.74, 6) is 0.341. The molecule has 2 N–H and O–H groups in total. The molecule has 0 saturated carbocycles. The van der Waals surface area contributed by atoms with Crippen molar-refractivity contribution < 1.29 is 14.6 Å². The van der Waals surface area contributed by atoms with E-state index >= 15 is 0 Å².